The Hall–Kier alpha value is -3.95. The van der Waals surface area contributed by atoms with E-state index in [0.29, 0.717) is 11.6 Å². The van der Waals surface area contributed by atoms with E-state index >= 15 is 0 Å². The van der Waals surface area contributed by atoms with Crippen LogP contribution in [0.3, 0.4) is 0 Å². The van der Waals surface area contributed by atoms with E-state index in [4.69, 9.17) is 14.6 Å². The Morgan fingerprint density at radius 1 is 0.953 bits per heavy atom. The number of hydrogen-bond acceptors (Lipinski definition) is 6. The molecule has 2 amide bonds. The molecule has 0 saturated carbocycles. The summed E-state index contributed by atoms with van der Waals surface area (Å²) in [5.41, 5.74) is 4.03. The van der Waals surface area contributed by atoms with E-state index in [1.54, 1.807) is 24.3 Å². The van der Waals surface area contributed by atoms with Crippen molar-refractivity contribution < 1.29 is 24.2 Å². The standard InChI is InChI=1S/C34H40N4O5/c1-24-27(9-12-32(35-24)43-30-10-7-25(8-11-30)21-33(39)40)22-36-17-13-29(14-18-36)38-31(26-5-3-2-4-6-26)23-37(34(38)41)28-15-19-42-20-16-28/h2-12,28-29,31H,13-23H2,1H3,(H,39,40). The summed E-state index contributed by atoms with van der Waals surface area (Å²) in [6.45, 7) is 6.86. The summed E-state index contributed by atoms with van der Waals surface area (Å²) in [4.78, 5) is 36.2. The molecule has 9 nitrogen and oxygen atoms in total. The largest absolute Gasteiger partial charge is 0.481 e. The van der Waals surface area contributed by atoms with Crippen LogP contribution in [0.25, 0.3) is 0 Å². The highest BCUT2D eigenvalue weighted by molar-refractivity contribution is 5.78. The third kappa shape index (κ3) is 6.84. The van der Waals surface area contributed by atoms with Crippen LogP contribution in [0.4, 0.5) is 4.79 Å². The number of ether oxygens (including phenoxy) is 2. The predicted molar refractivity (Wildman–Crippen MR) is 162 cm³/mol. The minimum Gasteiger partial charge on any atom is -0.481 e. The van der Waals surface area contributed by atoms with Crippen LogP contribution in [-0.4, -0.2) is 81.7 Å². The topological polar surface area (TPSA) is 95.4 Å². The van der Waals surface area contributed by atoms with Gasteiger partial charge in [-0.1, -0.05) is 48.5 Å². The number of carboxylic acids is 1. The maximum atomic E-state index is 13.9. The fourth-order valence-corrected chi connectivity index (χ4v) is 6.65. The second-order valence-electron chi connectivity index (χ2n) is 11.8. The van der Waals surface area contributed by atoms with Gasteiger partial charge in [-0.3, -0.25) is 9.69 Å². The molecule has 3 aliphatic rings. The van der Waals surface area contributed by atoms with Gasteiger partial charge in [0.25, 0.3) is 0 Å². The molecule has 0 aliphatic carbocycles. The fourth-order valence-electron chi connectivity index (χ4n) is 6.65. The molecular formula is C34H40N4O5. The molecule has 6 rings (SSSR count). The van der Waals surface area contributed by atoms with Gasteiger partial charge in [0.15, 0.2) is 0 Å². The molecular weight excluding hydrogens is 544 g/mol. The van der Waals surface area contributed by atoms with Gasteiger partial charge in [-0.2, -0.15) is 0 Å². The SMILES string of the molecule is Cc1nc(Oc2ccc(CC(=O)O)cc2)ccc1CN1CCC(N2C(=O)N(C3CCOCC3)CC2c2ccccc2)CC1. The Balaban J connectivity index is 1.07. The van der Waals surface area contributed by atoms with Gasteiger partial charge in [-0.05, 0) is 61.4 Å². The molecule has 0 radical (unpaired) electrons. The number of rotatable bonds is 9. The molecule has 9 heteroatoms. The molecule has 43 heavy (non-hydrogen) atoms. The Bertz CT molecular complexity index is 1400. The van der Waals surface area contributed by atoms with E-state index in [9.17, 15) is 9.59 Å². The minimum atomic E-state index is -0.857. The van der Waals surface area contributed by atoms with Gasteiger partial charge in [-0.15, -0.1) is 0 Å². The molecule has 1 aromatic heterocycles. The zero-order chi connectivity index (χ0) is 29.8. The van der Waals surface area contributed by atoms with Crippen LogP contribution < -0.4 is 4.74 Å². The Kier molecular flexibility index (Phi) is 8.90. The van der Waals surface area contributed by atoms with Crippen molar-refractivity contribution in [1.82, 2.24) is 19.7 Å². The molecule has 3 aliphatic heterocycles. The van der Waals surface area contributed by atoms with E-state index < -0.39 is 5.97 Å². The van der Waals surface area contributed by atoms with Crippen molar-refractivity contribution in [2.75, 3.05) is 32.8 Å². The van der Waals surface area contributed by atoms with Crippen molar-refractivity contribution in [2.45, 2.75) is 63.7 Å². The first-order chi connectivity index (χ1) is 20.9. The van der Waals surface area contributed by atoms with Gasteiger partial charge in [0.05, 0.1) is 12.5 Å². The first kappa shape index (κ1) is 29.1. The van der Waals surface area contributed by atoms with E-state index in [-0.39, 0.29) is 30.6 Å². The number of benzene rings is 2. The molecule has 3 fully saturated rings. The number of carbonyl (C=O) groups is 2. The average Bonchev–Trinajstić information content (AvgIpc) is 3.37. The van der Waals surface area contributed by atoms with Crippen molar-refractivity contribution in [3.63, 3.8) is 0 Å². The molecule has 3 aromatic rings. The molecule has 1 atom stereocenters. The van der Waals surface area contributed by atoms with E-state index in [0.717, 1.165) is 81.9 Å². The Morgan fingerprint density at radius 3 is 2.35 bits per heavy atom. The quantitative estimate of drug-likeness (QED) is 0.358. The number of aliphatic carboxylic acids is 1. The second-order valence-corrected chi connectivity index (χ2v) is 11.8. The van der Waals surface area contributed by atoms with Crippen LogP contribution in [0.2, 0.25) is 0 Å². The molecule has 1 N–H and O–H groups in total. The summed E-state index contributed by atoms with van der Waals surface area (Å²) in [5.74, 6) is 0.278. The third-order valence-electron chi connectivity index (χ3n) is 9.00. The summed E-state index contributed by atoms with van der Waals surface area (Å²) >= 11 is 0. The summed E-state index contributed by atoms with van der Waals surface area (Å²) in [6.07, 6.45) is 3.70. The van der Waals surface area contributed by atoms with E-state index in [2.05, 4.69) is 50.0 Å². The van der Waals surface area contributed by atoms with Gasteiger partial charge < -0.3 is 24.4 Å². The normalized spacial score (nSPS) is 20.5. The first-order valence-corrected chi connectivity index (χ1v) is 15.3. The fraction of sp³-hybridized carbons (Fsp3) is 0.441. The highest BCUT2D eigenvalue weighted by Gasteiger charge is 2.45. The number of nitrogens with zero attached hydrogens (tertiary/aromatic N) is 4. The van der Waals surface area contributed by atoms with E-state index in [1.807, 2.05) is 19.1 Å². The van der Waals surface area contributed by atoms with Gasteiger partial charge in [0.1, 0.15) is 5.75 Å². The number of pyridine rings is 1. The van der Waals surface area contributed by atoms with Crippen LogP contribution in [0.1, 0.15) is 54.1 Å². The smallest absolute Gasteiger partial charge is 0.321 e. The number of amides is 2. The number of carbonyl (C=O) groups excluding carboxylic acids is 1. The molecule has 4 heterocycles. The zero-order valence-electron chi connectivity index (χ0n) is 24.7. The highest BCUT2D eigenvalue weighted by atomic mass is 16.5. The van der Waals surface area contributed by atoms with Crippen molar-refractivity contribution >= 4 is 12.0 Å². The van der Waals surface area contributed by atoms with Crippen LogP contribution in [0.5, 0.6) is 11.6 Å². The van der Waals surface area contributed by atoms with Gasteiger partial charge in [0.2, 0.25) is 5.88 Å². The lowest BCUT2D eigenvalue weighted by Crippen LogP contribution is -2.48. The first-order valence-electron chi connectivity index (χ1n) is 15.3. The number of hydrogen-bond donors (Lipinski definition) is 1. The predicted octanol–water partition coefficient (Wildman–Crippen LogP) is 5.43. The molecule has 1 unspecified atom stereocenters. The Morgan fingerprint density at radius 2 is 1.67 bits per heavy atom. The summed E-state index contributed by atoms with van der Waals surface area (Å²) in [7, 11) is 0. The molecule has 226 valence electrons. The van der Waals surface area contributed by atoms with Crippen LogP contribution in [0.15, 0.2) is 66.7 Å². The van der Waals surface area contributed by atoms with E-state index in [1.165, 1.54) is 5.56 Å². The van der Waals surface area contributed by atoms with Crippen molar-refractivity contribution in [3.8, 4) is 11.6 Å². The van der Waals surface area contributed by atoms with Gasteiger partial charge in [0, 0.05) is 63.2 Å². The summed E-state index contributed by atoms with van der Waals surface area (Å²) in [6, 6.07) is 22.3. The van der Waals surface area contributed by atoms with Gasteiger partial charge >= 0.3 is 12.0 Å². The molecule has 0 bridgehead atoms. The second kappa shape index (κ2) is 13.1. The highest BCUT2D eigenvalue weighted by Crippen LogP contribution is 2.37. The summed E-state index contributed by atoms with van der Waals surface area (Å²) in [5, 5.41) is 8.96. The maximum absolute atomic E-state index is 13.9. The lowest BCUT2D eigenvalue weighted by Gasteiger charge is -2.39. The van der Waals surface area contributed by atoms with Crippen LogP contribution in [0, 0.1) is 6.92 Å². The van der Waals surface area contributed by atoms with Gasteiger partial charge in [-0.25, -0.2) is 9.78 Å². The number of aromatic nitrogens is 1. The van der Waals surface area contributed by atoms with Crippen LogP contribution >= 0.6 is 0 Å². The lowest BCUT2D eigenvalue weighted by atomic mass is 9.98. The zero-order valence-corrected chi connectivity index (χ0v) is 24.7. The van der Waals surface area contributed by atoms with Crippen LogP contribution in [-0.2, 0) is 22.5 Å². The molecule has 2 aromatic carbocycles. The number of piperidine rings is 1. The third-order valence-corrected chi connectivity index (χ3v) is 9.00. The molecule has 3 saturated heterocycles. The number of aryl methyl sites for hydroxylation is 1. The van der Waals surface area contributed by atoms with Crippen molar-refractivity contribution in [2.24, 2.45) is 0 Å². The average molecular weight is 585 g/mol. The minimum absolute atomic E-state index is 0.0136. The monoisotopic (exact) mass is 584 g/mol. The number of likely N-dealkylation sites (tertiary alicyclic amines) is 1. The van der Waals surface area contributed by atoms with Crippen molar-refractivity contribution in [3.05, 3.63) is 89.1 Å². The summed E-state index contributed by atoms with van der Waals surface area (Å²) < 4.78 is 11.5. The maximum Gasteiger partial charge on any atom is 0.321 e. The van der Waals surface area contributed by atoms with Crippen molar-refractivity contribution in [1.29, 1.82) is 0 Å². The number of carboxylic acid groups (broad SMARTS) is 1. The lowest BCUT2D eigenvalue weighted by molar-refractivity contribution is -0.136. The molecule has 0 spiro atoms. The number of urea groups is 1. The Labute approximate surface area is 253 Å².